The van der Waals surface area contributed by atoms with Crippen LogP contribution in [0.4, 0.5) is 5.69 Å². The summed E-state index contributed by atoms with van der Waals surface area (Å²) in [6.45, 7) is 3.54. The first-order chi connectivity index (χ1) is 14.4. The van der Waals surface area contributed by atoms with Crippen molar-refractivity contribution in [2.24, 2.45) is 0 Å². The molecule has 5 nitrogen and oxygen atoms in total. The Morgan fingerprint density at radius 1 is 1.10 bits per heavy atom. The lowest BCUT2D eigenvalue weighted by Crippen LogP contribution is -2.44. The molecule has 1 N–H and O–H groups in total. The maximum Gasteiger partial charge on any atom is 0.251 e. The van der Waals surface area contributed by atoms with Crippen LogP contribution in [0.1, 0.15) is 29.6 Å². The average molecular weight is 450 g/mol. The molecule has 162 valence electrons. The molecule has 0 saturated carbocycles. The zero-order valence-corrected chi connectivity index (χ0v) is 19.0. The van der Waals surface area contributed by atoms with Gasteiger partial charge in [-0.15, -0.1) is 0 Å². The van der Waals surface area contributed by atoms with Crippen molar-refractivity contribution < 1.29 is 9.53 Å². The molecule has 0 aliphatic carbocycles. The number of anilines is 1. The highest BCUT2D eigenvalue weighted by Gasteiger charge is 2.21. The van der Waals surface area contributed by atoms with Gasteiger partial charge in [-0.05, 0) is 75.8 Å². The summed E-state index contributed by atoms with van der Waals surface area (Å²) in [7, 11) is 4.13. The number of hydrogen-bond donors (Lipinski definition) is 1. The number of ether oxygens (including phenoxy) is 1. The first kappa shape index (κ1) is 22.7. The standard InChI is InChI=1S/C23H29Cl2N3O2/c1-27(2)12-3-15-30-20-7-5-19(6-8-20)28-13-10-18(11-14-28)26-23(29)17-4-9-21(24)22(25)16-17/h4-9,16,18H,3,10-15H2,1-2H3,(H,26,29). The van der Waals surface area contributed by atoms with Crippen molar-refractivity contribution in [3.63, 3.8) is 0 Å². The minimum absolute atomic E-state index is 0.109. The molecule has 1 heterocycles. The number of carbonyl (C=O) groups excluding carboxylic acids is 1. The summed E-state index contributed by atoms with van der Waals surface area (Å²) in [4.78, 5) is 17.0. The summed E-state index contributed by atoms with van der Waals surface area (Å²) < 4.78 is 5.81. The first-order valence-electron chi connectivity index (χ1n) is 10.3. The minimum Gasteiger partial charge on any atom is -0.494 e. The Morgan fingerprint density at radius 3 is 2.43 bits per heavy atom. The van der Waals surface area contributed by atoms with Gasteiger partial charge in [0.05, 0.1) is 16.7 Å². The molecule has 1 fully saturated rings. The van der Waals surface area contributed by atoms with Crippen LogP contribution in [0.25, 0.3) is 0 Å². The van der Waals surface area contributed by atoms with E-state index in [1.807, 2.05) is 12.1 Å². The van der Waals surface area contributed by atoms with Gasteiger partial charge in [0.1, 0.15) is 5.75 Å². The average Bonchev–Trinajstić information content (AvgIpc) is 2.74. The number of halogens is 2. The summed E-state index contributed by atoms with van der Waals surface area (Å²) in [5, 5.41) is 3.95. The minimum atomic E-state index is -0.109. The molecule has 1 aliphatic heterocycles. The highest BCUT2D eigenvalue weighted by molar-refractivity contribution is 6.42. The lowest BCUT2D eigenvalue weighted by Gasteiger charge is -2.34. The summed E-state index contributed by atoms with van der Waals surface area (Å²) in [5.74, 6) is 0.795. The van der Waals surface area contributed by atoms with Crippen LogP contribution in [-0.4, -0.2) is 57.2 Å². The van der Waals surface area contributed by atoms with Gasteiger partial charge in [0, 0.05) is 36.9 Å². The van der Waals surface area contributed by atoms with Crippen LogP contribution in [0.15, 0.2) is 42.5 Å². The van der Waals surface area contributed by atoms with Crippen molar-refractivity contribution in [2.45, 2.75) is 25.3 Å². The molecule has 1 saturated heterocycles. The lowest BCUT2D eigenvalue weighted by molar-refractivity contribution is 0.0931. The van der Waals surface area contributed by atoms with Gasteiger partial charge in [-0.2, -0.15) is 0 Å². The maximum atomic E-state index is 12.5. The number of hydrogen-bond acceptors (Lipinski definition) is 4. The maximum absolute atomic E-state index is 12.5. The fourth-order valence-corrected chi connectivity index (χ4v) is 3.81. The Labute approximate surface area is 188 Å². The van der Waals surface area contributed by atoms with E-state index in [-0.39, 0.29) is 11.9 Å². The van der Waals surface area contributed by atoms with Crippen LogP contribution in [0, 0.1) is 0 Å². The Hall–Kier alpha value is -1.95. The van der Waals surface area contributed by atoms with Crippen LogP contribution in [-0.2, 0) is 0 Å². The number of carbonyl (C=O) groups is 1. The third-order valence-electron chi connectivity index (χ3n) is 5.23. The van der Waals surface area contributed by atoms with Gasteiger partial charge in [0.15, 0.2) is 0 Å². The van der Waals surface area contributed by atoms with Crippen LogP contribution < -0.4 is 15.0 Å². The van der Waals surface area contributed by atoms with Gasteiger partial charge in [0.2, 0.25) is 0 Å². The van der Waals surface area contributed by atoms with E-state index in [0.717, 1.165) is 51.3 Å². The fraction of sp³-hybridized carbons (Fsp3) is 0.435. The fourth-order valence-electron chi connectivity index (χ4n) is 3.51. The Kier molecular flexibility index (Phi) is 8.25. The number of piperidine rings is 1. The second-order valence-electron chi connectivity index (χ2n) is 7.86. The monoisotopic (exact) mass is 449 g/mol. The van der Waals surface area contributed by atoms with E-state index in [9.17, 15) is 4.79 Å². The van der Waals surface area contributed by atoms with Gasteiger partial charge >= 0.3 is 0 Å². The molecule has 1 amide bonds. The normalized spacial score (nSPS) is 14.8. The van der Waals surface area contributed by atoms with E-state index in [1.165, 1.54) is 5.69 Å². The van der Waals surface area contributed by atoms with E-state index in [1.54, 1.807) is 18.2 Å². The molecule has 0 radical (unpaired) electrons. The number of nitrogens with zero attached hydrogens (tertiary/aromatic N) is 2. The van der Waals surface area contributed by atoms with Crippen molar-refractivity contribution in [1.82, 2.24) is 10.2 Å². The Balaban J connectivity index is 1.44. The van der Waals surface area contributed by atoms with Crippen molar-refractivity contribution in [2.75, 3.05) is 45.2 Å². The molecule has 30 heavy (non-hydrogen) atoms. The second kappa shape index (κ2) is 10.9. The number of rotatable bonds is 8. The molecule has 0 atom stereocenters. The molecule has 2 aromatic carbocycles. The van der Waals surface area contributed by atoms with E-state index < -0.39 is 0 Å². The van der Waals surface area contributed by atoms with Gasteiger partial charge in [-0.3, -0.25) is 4.79 Å². The molecular formula is C23H29Cl2N3O2. The smallest absolute Gasteiger partial charge is 0.251 e. The molecule has 0 aromatic heterocycles. The summed E-state index contributed by atoms with van der Waals surface area (Å²) in [5.41, 5.74) is 1.72. The number of benzene rings is 2. The van der Waals surface area contributed by atoms with E-state index in [4.69, 9.17) is 27.9 Å². The Bertz CT molecular complexity index is 835. The first-order valence-corrected chi connectivity index (χ1v) is 11.1. The van der Waals surface area contributed by atoms with Crippen molar-refractivity contribution in [1.29, 1.82) is 0 Å². The van der Waals surface area contributed by atoms with Crippen molar-refractivity contribution >= 4 is 34.8 Å². The number of amides is 1. The van der Waals surface area contributed by atoms with Gasteiger partial charge in [-0.1, -0.05) is 23.2 Å². The topological polar surface area (TPSA) is 44.8 Å². The molecule has 0 spiro atoms. The van der Waals surface area contributed by atoms with Gasteiger partial charge < -0.3 is 19.9 Å². The Morgan fingerprint density at radius 2 is 1.80 bits per heavy atom. The molecule has 0 bridgehead atoms. The van der Waals surface area contributed by atoms with E-state index >= 15 is 0 Å². The van der Waals surface area contributed by atoms with Crippen molar-refractivity contribution in [3.05, 3.63) is 58.1 Å². The van der Waals surface area contributed by atoms with Crippen LogP contribution >= 0.6 is 23.2 Å². The van der Waals surface area contributed by atoms with Gasteiger partial charge in [-0.25, -0.2) is 0 Å². The summed E-state index contributed by atoms with van der Waals surface area (Å²) in [6.07, 6.45) is 2.81. The summed E-state index contributed by atoms with van der Waals surface area (Å²) >= 11 is 11.9. The molecular weight excluding hydrogens is 421 g/mol. The molecule has 3 rings (SSSR count). The van der Waals surface area contributed by atoms with Crippen LogP contribution in [0.3, 0.4) is 0 Å². The zero-order chi connectivity index (χ0) is 21.5. The molecule has 0 unspecified atom stereocenters. The SMILES string of the molecule is CN(C)CCCOc1ccc(N2CCC(NC(=O)c3ccc(Cl)c(Cl)c3)CC2)cc1. The van der Waals surface area contributed by atoms with Crippen LogP contribution in [0.2, 0.25) is 10.0 Å². The molecule has 2 aromatic rings. The quantitative estimate of drug-likeness (QED) is 0.591. The second-order valence-corrected chi connectivity index (χ2v) is 8.68. The van der Waals surface area contributed by atoms with E-state index in [0.29, 0.717) is 15.6 Å². The zero-order valence-electron chi connectivity index (χ0n) is 17.5. The molecule has 1 aliphatic rings. The van der Waals surface area contributed by atoms with Gasteiger partial charge in [0.25, 0.3) is 5.91 Å². The van der Waals surface area contributed by atoms with Crippen LogP contribution in [0.5, 0.6) is 5.75 Å². The van der Waals surface area contributed by atoms with E-state index in [2.05, 4.69) is 41.3 Å². The predicted octanol–water partition coefficient (Wildman–Crippen LogP) is 4.72. The van der Waals surface area contributed by atoms with Crippen molar-refractivity contribution in [3.8, 4) is 5.75 Å². The highest BCUT2D eigenvalue weighted by atomic mass is 35.5. The largest absolute Gasteiger partial charge is 0.494 e. The third kappa shape index (κ3) is 6.53. The predicted molar refractivity (Wildman–Crippen MR) is 124 cm³/mol. The molecule has 7 heteroatoms. The summed E-state index contributed by atoms with van der Waals surface area (Å²) in [6, 6.07) is 13.4. The number of nitrogens with one attached hydrogen (secondary N) is 1. The highest BCUT2D eigenvalue weighted by Crippen LogP contribution is 2.25. The third-order valence-corrected chi connectivity index (χ3v) is 5.97. The lowest BCUT2D eigenvalue weighted by atomic mass is 10.0.